The molecule has 7 heteroatoms. The van der Waals surface area contributed by atoms with Gasteiger partial charge in [-0.1, -0.05) is 59.2 Å². The molecular weight excluding hydrogens is 380 g/mol. The largest absolute Gasteiger partial charge is 0.507 e. The van der Waals surface area contributed by atoms with E-state index >= 15 is 0 Å². The predicted molar refractivity (Wildman–Crippen MR) is 104 cm³/mol. The molecule has 1 aliphatic heterocycles. The highest BCUT2D eigenvalue weighted by Crippen LogP contribution is 2.42. The Balaban J connectivity index is 1.94. The van der Waals surface area contributed by atoms with Crippen LogP contribution in [0.15, 0.2) is 70.8 Å². The maximum absolute atomic E-state index is 12.9. The Morgan fingerprint density at radius 3 is 2.39 bits per heavy atom. The predicted octanol–water partition coefficient (Wildman–Crippen LogP) is 4.26. The molecule has 4 rings (SSSR count). The number of aromatic nitrogens is 1. The molecule has 1 aliphatic rings. The van der Waals surface area contributed by atoms with Crippen LogP contribution in [0.25, 0.3) is 5.76 Å². The van der Waals surface area contributed by atoms with Crippen molar-refractivity contribution in [3.8, 4) is 0 Å². The molecule has 1 saturated heterocycles. The fourth-order valence-electron chi connectivity index (χ4n) is 3.25. The Morgan fingerprint density at radius 2 is 1.79 bits per heavy atom. The van der Waals surface area contributed by atoms with Crippen LogP contribution in [0.3, 0.4) is 0 Å². The molecule has 2 aromatic carbocycles. The average Bonchev–Trinajstić information content (AvgIpc) is 3.24. The number of aliphatic hydroxyl groups excluding tert-OH is 1. The van der Waals surface area contributed by atoms with E-state index in [1.165, 1.54) is 4.90 Å². The third-order valence-electron chi connectivity index (χ3n) is 4.54. The zero-order chi connectivity index (χ0) is 19.8. The summed E-state index contributed by atoms with van der Waals surface area (Å²) in [6.07, 6.45) is 0. The number of amides is 1. The van der Waals surface area contributed by atoms with Crippen molar-refractivity contribution in [3.63, 3.8) is 0 Å². The fourth-order valence-corrected chi connectivity index (χ4v) is 3.37. The maximum Gasteiger partial charge on any atom is 0.301 e. The molecular formula is C21H15ClN2O4. The van der Waals surface area contributed by atoms with Crippen LogP contribution in [0.1, 0.15) is 22.9 Å². The van der Waals surface area contributed by atoms with Crippen LogP contribution >= 0.6 is 11.6 Å². The number of rotatable bonds is 3. The number of nitrogens with zero attached hydrogens (tertiary/aromatic N) is 2. The number of benzene rings is 2. The summed E-state index contributed by atoms with van der Waals surface area (Å²) in [4.78, 5) is 26.9. The summed E-state index contributed by atoms with van der Waals surface area (Å²) in [7, 11) is 0. The van der Waals surface area contributed by atoms with Gasteiger partial charge >= 0.3 is 5.91 Å². The van der Waals surface area contributed by atoms with Crippen LogP contribution in [0, 0.1) is 6.92 Å². The average molecular weight is 395 g/mol. The Kier molecular flexibility index (Phi) is 4.49. The number of hydrogen-bond acceptors (Lipinski definition) is 5. The van der Waals surface area contributed by atoms with Crippen molar-refractivity contribution >= 4 is 34.9 Å². The Bertz CT molecular complexity index is 1090. The lowest BCUT2D eigenvalue weighted by Gasteiger charge is -2.22. The van der Waals surface area contributed by atoms with Crippen molar-refractivity contribution < 1.29 is 19.2 Å². The monoisotopic (exact) mass is 394 g/mol. The van der Waals surface area contributed by atoms with Gasteiger partial charge in [-0.15, -0.1) is 0 Å². The van der Waals surface area contributed by atoms with Crippen molar-refractivity contribution in [1.82, 2.24) is 5.16 Å². The molecule has 0 saturated carbocycles. The molecule has 1 atom stereocenters. The number of anilines is 1. The molecule has 1 fully saturated rings. The summed E-state index contributed by atoms with van der Waals surface area (Å²) in [6, 6.07) is 16.1. The second-order valence-corrected chi connectivity index (χ2v) is 6.82. The van der Waals surface area contributed by atoms with Crippen LogP contribution < -0.4 is 4.90 Å². The fraction of sp³-hybridized carbons (Fsp3) is 0.0952. The van der Waals surface area contributed by atoms with Gasteiger partial charge in [0.15, 0.2) is 5.82 Å². The normalized spacial score (nSPS) is 18.6. The van der Waals surface area contributed by atoms with Gasteiger partial charge in [0.05, 0.1) is 11.6 Å². The summed E-state index contributed by atoms with van der Waals surface area (Å²) in [5, 5.41) is 15.3. The first kappa shape index (κ1) is 18.0. The lowest BCUT2D eigenvalue weighted by molar-refractivity contribution is -0.132. The minimum Gasteiger partial charge on any atom is -0.507 e. The van der Waals surface area contributed by atoms with E-state index in [1.54, 1.807) is 67.6 Å². The van der Waals surface area contributed by atoms with E-state index < -0.39 is 17.7 Å². The number of ketones is 1. The molecule has 3 aromatic rings. The van der Waals surface area contributed by atoms with E-state index in [0.717, 1.165) is 0 Å². The van der Waals surface area contributed by atoms with Crippen LogP contribution in [-0.4, -0.2) is 22.0 Å². The highest BCUT2D eigenvalue weighted by atomic mass is 35.5. The second kappa shape index (κ2) is 6.98. The SMILES string of the molecule is Cc1cc(N2C(=O)C(=O)/C(=C(/O)c3ccccc3)C2c2ccc(Cl)cc2)no1. The quantitative estimate of drug-likeness (QED) is 0.407. The Labute approximate surface area is 165 Å². The van der Waals surface area contributed by atoms with E-state index in [-0.39, 0.29) is 17.2 Å². The third-order valence-corrected chi connectivity index (χ3v) is 4.79. The first-order chi connectivity index (χ1) is 13.5. The van der Waals surface area contributed by atoms with Crippen molar-refractivity contribution in [2.24, 2.45) is 0 Å². The molecule has 1 N–H and O–H groups in total. The van der Waals surface area contributed by atoms with Gasteiger partial charge in [0.1, 0.15) is 11.5 Å². The number of carbonyl (C=O) groups excluding carboxylic acids is 2. The third kappa shape index (κ3) is 2.97. The minimum atomic E-state index is -0.859. The van der Waals surface area contributed by atoms with Gasteiger partial charge in [0.25, 0.3) is 5.78 Å². The molecule has 2 heterocycles. The summed E-state index contributed by atoms with van der Waals surface area (Å²) in [6.45, 7) is 1.69. The molecule has 28 heavy (non-hydrogen) atoms. The molecule has 1 aromatic heterocycles. The minimum absolute atomic E-state index is 0.0147. The number of hydrogen-bond donors (Lipinski definition) is 1. The Hall–Kier alpha value is -3.38. The smallest absolute Gasteiger partial charge is 0.301 e. The van der Waals surface area contributed by atoms with Gasteiger partial charge in [-0.3, -0.25) is 14.5 Å². The van der Waals surface area contributed by atoms with Crippen LogP contribution in [0.4, 0.5) is 5.82 Å². The van der Waals surface area contributed by atoms with Gasteiger partial charge in [-0.05, 0) is 24.6 Å². The van der Waals surface area contributed by atoms with Crippen molar-refractivity contribution in [2.45, 2.75) is 13.0 Å². The molecule has 0 bridgehead atoms. The number of carbonyl (C=O) groups is 2. The molecule has 1 unspecified atom stereocenters. The van der Waals surface area contributed by atoms with Gasteiger partial charge < -0.3 is 9.63 Å². The zero-order valence-electron chi connectivity index (χ0n) is 14.8. The highest BCUT2D eigenvalue weighted by Gasteiger charge is 2.48. The number of aliphatic hydroxyl groups is 1. The summed E-state index contributed by atoms with van der Waals surface area (Å²) in [5.41, 5.74) is 1.04. The zero-order valence-corrected chi connectivity index (χ0v) is 15.6. The first-order valence-corrected chi connectivity index (χ1v) is 8.90. The van der Waals surface area contributed by atoms with Gasteiger partial charge in [-0.25, -0.2) is 0 Å². The van der Waals surface area contributed by atoms with Gasteiger partial charge in [0, 0.05) is 16.7 Å². The summed E-state index contributed by atoms with van der Waals surface area (Å²) >= 11 is 5.99. The maximum atomic E-state index is 12.9. The van der Waals surface area contributed by atoms with E-state index in [2.05, 4.69) is 5.16 Å². The van der Waals surface area contributed by atoms with E-state index in [4.69, 9.17) is 16.1 Å². The van der Waals surface area contributed by atoms with Crippen molar-refractivity contribution in [3.05, 3.63) is 88.1 Å². The molecule has 6 nitrogen and oxygen atoms in total. The second-order valence-electron chi connectivity index (χ2n) is 6.38. The van der Waals surface area contributed by atoms with Crippen molar-refractivity contribution in [1.29, 1.82) is 0 Å². The highest BCUT2D eigenvalue weighted by molar-refractivity contribution is 6.51. The van der Waals surface area contributed by atoms with Crippen LogP contribution in [0.5, 0.6) is 0 Å². The lowest BCUT2D eigenvalue weighted by Crippen LogP contribution is -2.29. The van der Waals surface area contributed by atoms with Gasteiger partial charge in [0.2, 0.25) is 0 Å². The number of halogens is 1. The molecule has 1 amide bonds. The van der Waals surface area contributed by atoms with E-state index in [1.807, 2.05) is 0 Å². The number of aryl methyl sites for hydroxylation is 1. The van der Waals surface area contributed by atoms with Crippen LogP contribution in [0.2, 0.25) is 5.02 Å². The van der Waals surface area contributed by atoms with Gasteiger partial charge in [-0.2, -0.15) is 0 Å². The van der Waals surface area contributed by atoms with Crippen molar-refractivity contribution in [2.75, 3.05) is 4.90 Å². The molecule has 0 spiro atoms. The van der Waals surface area contributed by atoms with Crippen LogP contribution in [-0.2, 0) is 9.59 Å². The van der Waals surface area contributed by atoms with E-state index in [0.29, 0.717) is 21.9 Å². The number of Topliss-reactive ketones (excluding diaryl/α,β-unsaturated/α-hetero) is 1. The van der Waals surface area contributed by atoms with E-state index in [9.17, 15) is 14.7 Å². The first-order valence-electron chi connectivity index (χ1n) is 8.52. The summed E-state index contributed by atoms with van der Waals surface area (Å²) in [5.74, 6) is -1.13. The molecule has 140 valence electrons. The Morgan fingerprint density at radius 1 is 1.11 bits per heavy atom. The lowest BCUT2D eigenvalue weighted by atomic mass is 9.95. The topological polar surface area (TPSA) is 83.6 Å². The molecule has 0 aliphatic carbocycles. The standard InChI is InChI=1S/C21H15ClN2O4/c1-12-11-16(23-28-12)24-18(13-7-9-15(22)10-8-13)17(20(26)21(24)27)19(25)14-5-3-2-4-6-14/h2-11,18,25H,1H3/b19-17+. The molecule has 0 radical (unpaired) electrons. The summed E-state index contributed by atoms with van der Waals surface area (Å²) < 4.78 is 5.09.